The minimum atomic E-state index is 0.426. The molecule has 0 aromatic carbocycles. The number of hydrogen-bond acceptors (Lipinski definition) is 2. The average Bonchev–Trinajstić information content (AvgIpc) is 1.93. The Morgan fingerprint density at radius 2 is 2.09 bits per heavy atom. The molecular formula is C8H15BrN2. The standard InChI is InChI=1S/C8H15BrN2/c1-7(9)6-11-4-2-8(10)3-5-11/h8H,1-6,10H2. The fourth-order valence-corrected chi connectivity index (χ4v) is 1.71. The Morgan fingerprint density at radius 3 is 2.55 bits per heavy atom. The largest absolute Gasteiger partial charge is 0.328 e. The molecule has 1 fully saturated rings. The Labute approximate surface area is 76.6 Å². The summed E-state index contributed by atoms with van der Waals surface area (Å²) in [7, 11) is 0. The van der Waals surface area contributed by atoms with E-state index in [0.29, 0.717) is 6.04 Å². The Morgan fingerprint density at radius 1 is 1.55 bits per heavy atom. The molecule has 0 aromatic rings. The average molecular weight is 219 g/mol. The van der Waals surface area contributed by atoms with Gasteiger partial charge in [-0.25, -0.2) is 0 Å². The zero-order chi connectivity index (χ0) is 8.27. The number of piperidine rings is 1. The van der Waals surface area contributed by atoms with Gasteiger partial charge in [0.25, 0.3) is 0 Å². The Bertz CT molecular complexity index is 139. The number of nitrogens with zero attached hydrogens (tertiary/aromatic N) is 1. The lowest BCUT2D eigenvalue weighted by atomic mass is 10.1. The molecule has 11 heavy (non-hydrogen) atoms. The van der Waals surface area contributed by atoms with Gasteiger partial charge in [-0.3, -0.25) is 4.90 Å². The lowest BCUT2D eigenvalue weighted by Gasteiger charge is -2.29. The van der Waals surface area contributed by atoms with Crippen LogP contribution in [0.2, 0.25) is 0 Å². The molecule has 0 aromatic heterocycles. The van der Waals surface area contributed by atoms with Crippen LogP contribution in [0.3, 0.4) is 0 Å². The second-order valence-electron chi connectivity index (χ2n) is 3.13. The molecular weight excluding hydrogens is 204 g/mol. The quantitative estimate of drug-likeness (QED) is 0.758. The fourth-order valence-electron chi connectivity index (χ4n) is 1.35. The van der Waals surface area contributed by atoms with Gasteiger partial charge in [-0.2, -0.15) is 0 Å². The molecule has 0 bridgehead atoms. The summed E-state index contributed by atoms with van der Waals surface area (Å²) in [6.45, 7) is 7.01. The Balaban J connectivity index is 2.22. The SMILES string of the molecule is C=C(Br)CN1CCC(N)CC1. The van der Waals surface area contributed by atoms with E-state index in [1.807, 2.05) is 0 Å². The third-order valence-corrected chi connectivity index (χ3v) is 2.28. The van der Waals surface area contributed by atoms with Crippen molar-refractivity contribution in [3.05, 3.63) is 11.1 Å². The summed E-state index contributed by atoms with van der Waals surface area (Å²) in [6.07, 6.45) is 2.25. The molecule has 1 heterocycles. The molecule has 1 aliphatic heterocycles. The summed E-state index contributed by atoms with van der Waals surface area (Å²) in [5, 5.41) is 0. The van der Waals surface area contributed by atoms with Crippen LogP contribution in [0.25, 0.3) is 0 Å². The summed E-state index contributed by atoms with van der Waals surface area (Å²) < 4.78 is 1.06. The Hall–Kier alpha value is 0.140. The highest BCUT2D eigenvalue weighted by atomic mass is 79.9. The first-order chi connectivity index (χ1) is 5.18. The van der Waals surface area contributed by atoms with Gasteiger partial charge in [0, 0.05) is 17.1 Å². The van der Waals surface area contributed by atoms with Gasteiger partial charge in [0.2, 0.25) is 0 Å². The van der Waals surface area contributed by atoms with Crippen molar-refractivity contribution in [2.75, 3.05) is 19.6 Å². The molecule has 0 saturated carbocycles. The number of halogens is 1. The summed E-state index contributed by atoms with van der Waals surface area (Å²) in [6, 6.07) is 0.426. The molecule has 0 spiro atoms. The first-order valence-corrected chi connectivity index (χ1v) is 4.79. The van der Waals surface area contributed by atoms with E-state index in [2.05, 4.69) is 27.4 Å². The van der Waals surface area contributed by atoms with E-state index in [4.69, 9.17) is 5.73 Å². The van der Waals surface area contributed by atoms with Gasteiger partial charge in [-0.05, 0) is 25.9 Å². The van der Waals surface area contributed by atoms with Crippen LogP contribution in [0.5, 0.6) is 0 Å². The van der Waals surface area contributed by atoms with E-state index in [-0.39, 0.29) is 0 Å². The van der Waals surface area contributed by atoms with Gasteiger partial charge >= 0.3 is 0 Å². The first-order valence-electron chi connectivity index (χ1n) is 3.99. The number of nitrogens with two attached hydrogens (primary N) is 1. The van der Waals surface area contributed by atoms with E-state index in [0.717, 1.165) is 37.0 Å². The zero-order valence-electron chi connectivity index (χ0n) is 6.72. The molecule has 1 saturated heterocycles. The predicted octanol–water partition coefficient (Wildman–Crippen LogP) is 1.32. The van der Waals surface area contributed by atoms with E-state index in [9.17, 15) is 0 Å². The summed E-state index contributed by atoms with van der Waals surface area (Å²) in [4.78, 5) is 2.38. The maximum atomic E-state index is 5.77. The summed E-state index contributed by atoms with van der Waals surface area (Å²) in [5.74, 6) is 0. The monoisotopic (exact) mass is 218 g/mol. The van der Waals surface area contributed by atoms with Gasteiger partial charge in [0.1, 0.15) is 0 Å². The minimum absolute atomic E-state index is 0.426. The molecule has 0 aliphatic carbocycles. The molecule has 2 nitrogen and oxygen atoms in total. The molecule has 64 valence electrons. The summed E-state index contributed by atoms with van der Waals surface area (Å²) >= 11 is 3.36. The summed E-state index contributed by atoms with van der Waals surface area (Å²) in [5.41, 5.74) is 5.77. The zero-order valence-corrected chi connectivity index (χ0v) is 8.31. The molecule has 1 aliphatic rings. The second-order valence-corrected chi connectivity index (χ2v) is 4.25. The third-order valence-electron chi connectivity index (χ3n) is 2.03. The van der Waals surface area contributed by atoms with Gasteiger partial charge in [-0.15, -0.1) is 0 Å². The van der Waals surface area contributed by atoms with Crippen LogP contribution in [0.4, 0.5) is 0 Å². The highest BCUT2D eigenvalue weighted by molar-refractivity contribution is 9.11. The first kappa shape index (κ1) is 9.23. The van der Waals surface area contributed by atoms with Crippen LogP contribution in [-0.4, -0.2) is 30.6 Å². The molecule has 3 heteroatoms. The number of likely N-dealkylation sites (tertiary alicyclic amines) is 1. The van der Waals surface area contributed by atoms with Crippen LogP contribution in [0.15, 0.2) is 11.1 Å². The van der Waals surface area contributed by atoms with Crippen molar-refractivity contribution >= 4 is 15.9 Å². The number of hydrogen-bond donors (Lipinski definition) is 1. The third kappa shape index (κ3) is 3.36. The van der Waals surface area contributed by atoms with Gasteiger partial charge in [-0.1, -0.05) is 22.5 Å². The molecule has 1 rings (SSSR count). The lowest BCUT2D eigenvalue weighted by molar-refractivity contribution is 0.232. The molecule has 0 radical (unpaired) electrons. The lowest BCUT2D eigenvalue weighted by Crippen LogP contribution is -2.40. The predicted molar refractivity (Wildman–Crippen MR) is 51.7 cm³/mol. The van der Waals surface area contributed by atoms with Crippen molar-refractivity contribution < 1.29 is 0 Å². The van der Waals surface area contributed by atoms with E-state index >= 15 is 0 Å². The smallest absolute Gasteiger partial charge is 0.0293 e. The van der Waals surface area contributed by atoms with Gasteiger partial charge in [0.05, 0.1) is 0 Å². The van der Waals surface area contributed by atoms with Gasteiger partial charge < -0.3 is 5.73 Å². The van der Waals surface area contributed by atoms with E-state index in [1.165, 1.54) is 0 Å². The van der Waals surface area contributed by atoms with Crippen LogP contribution in [-0.2, 0) is 0 Å². The number of rotatable bonds is 2. The second kappa shape index (κ2) is 4.24. The van der Waals surface area contributed by atoms with Crippen molar-refractivity contribution in [3.8, 4) is 0 Å². The normalized spacial score (nSPS) is 22.0. The minimum Gasteiger partial charge on any atom is -0.328 e. The van der Waals surface area contributed by atoms with Crippen molar-refractivity contribution in [1.82, 2.24) is 4.90 Å². The highest BCUT2D eigenvalue weighted by Crippen LogP contribution is 2.11. The molecule has 0 unspecified atom stereocenters. The Kier molecular flexibility index (Phi) is 3.55. The maximum absolute atomic E-state index is 5.77. The van der Waals surface area contributed by atoms with Crippen LogP contribution in [0.1, 0.15) is 12.8 Å². The maximum Gasteiger partial charge on any atom is 0.0293 e. The molecule has 0 amide bonds. The van der Waals surface area contributed by atoms with Crippen molar-refractivity contribution in [3.63, 3.8) is 0 Å². The van der Waals surface area contributed by atoms with E-state index in [1.54, 1.807) is 0 Å². The molecule has 2 N–H and O–H groups in total. The van der Waals surface area contributed by atoms with Gasteiger partial charge in [0.15, 0.2) is 0 Å². The van der Waals surface area contributed by atoms with E-state index < -0.39 is 0 Å². The van der Waals surface area contributed by atoms with Crippen molar-refractivity contribution in [1.29, 1.82) is 0 Å². The topological polar surface area (TPSA) is 29.3 Å². The van der Waals surface area contributed by atoms with Crippen LogP contribution >= 0.6 is 15.9 Å². The molecule has 0 atom stereocenters. The van der Waals surface area contributed by atoms with Crippen LogP contribution < -0.4 is 5.73 Å². The van der Waals surface area contributed by atoms with Crippen molar-refractivity contribution in [2.45, 2.75) is 18.9 Å². The highest BCUT2D eigenvalue weighted by Gasteiger charge is 2.15. The fraction of sp³-hybridized carbons (Fsp3) is 0.750. The van der Waals surface area contributed by atoms with Crippen molar-refractivity contribution in [2.24, 2.45) is 5.73 Å². The van der Waals surface area contributed by atoms with Crippen LogP contribution in [0, 0.1) is 0 Å².